The predicted octanol–water partition coefficient (Wildman–Crippen LogP) is 3.71. The van der Waals surface area contributed by atoms with Crippen LogP contribution in [-0.2, 0) is 16.1 Å². The van der Waals surface area contributed by atoms with Crippen LogP contribution in [0, 0.1) is 5.41 Å². The fourth-order valence-corrected chi connectivity index (χ4v) is 3.31. The lowest BCUT2D eigenvalue weighted by atomic mass is 10.1. The normalized spacial score (nSPS) is 10.9. The molecule has 0 spiro atoms. The second kappa shape index (κ2) is 11.4. The zero-order valence-electron chi connectivity index (χ0n) is 19.1. The van der Waals surface area contributed by atoms with Crippen molar-refractivity contribution >= 4 is 29.8 Å². The molecule has 3 aromatic rings. The number of rotatable bonds is 9. The molecule has 35 heavy (non-hydrogen) atoms. The molecule has 0 aliphatic heterocycles. The Bertz CT molecular complexity index is 1250. The summed E-state index contributed by atoms with van der Waals surface area (Å²) in [5.41, 5.74) is 8.12. The minimum absolute atomic E-state index is 0.0774. The first kappa shape index (κ1) is 24.9. The number of amidine groups is 1. The highest BCUT2D eigenvalue weighted by Gasteiger charge is 2.19. The molecule has 0 unspecified atom stereocenters. The number of nitrogen functional groups attached to an aromatic ring is 1. The van der Waals surface area contributed by atoms with Crippen LogP contribution in [0.3, 0.4) is 0 Å². The van der Waals surface area contributed by atoms with E-state index in [0.717, 1.165) is 5.56 Å². The number of carbonyl (C=O) groups is 3. The maximum absolute atomic E-state index is 12.9. The summed E-state index contributed by atoms with van der Waals surface area (Å²) in [6.45, 7) is 1.38. The Morgan fingerprint density at radius 1 is 0.943 bits per heavy atom. The van der Waals surface area contributed by atoms with Crippen molar-refractivity contribution in [3.63, 3.8) is 0 Å². The lowest BCUT2D eigenvalue weighted by Gasteiger charge is -2.21. The van der Waals surface area contributed by atoms with Gasteiger partial charge in [-0.15, -0.1) is 0 Å². The van der Waals surface area contributed by atoms with E-state index in [0.29, 0.717) is 28.0 Å². The first-order chi connectivity index (χ1) is 16.7. The summed E-state index contributed by atoms with van der Waals surface area (Å²) < 4.78 is 5.34. The van der Waals surface area contributed by atoms with Gasteiger partial charge in [-0.25, -0.2) is 4.79 Å². The first-order valence-electron chi connectivity index (χ1n) is 10.7. The van der Waals surface area contributed by atoms with Crippen molar-refractivity contribution in [3.05, 3.63) is 107 Å². The number of ether oxygens (including phenoxy) is 1. The van der Waals surface area contributed by atoms with Crippen molar-refractivity contribution in [2.75, 3.05) is 6.54 Å². The third-order valence-electron chi connectivity index (χ3n) is 5.07. The lowest BCUT2D eigenvalue weighted by Crippen LogP contribution is -2.35. The van der Waals surface area contributed by atoms with Gasteiger partial charge in [0.05, 0.1) is 5.56 Å². The molecule has 0 aliphatic carbocycles. The van der Waals surface area contributed by atoms with E-state index in [-0.39, 0.29) is 12.4 Å². The molecule has 0 radical (unpaired) electrons. The number of hydrogen-bond donors (Lipinski definition) is 3. The average molecular weight is 472 g/mol. The number of nitrogens with one attached hydrogen (secondary N) is 1. The Kier molecular flexibility index (Phi) is 8.13. The van der Waals surface area contributed by atoms with E-state index in [4.69, 9.17) is 15.9 Å². The standard InChI is InChI=1S/C27H25N3O5/c1-18(26(33)30(17-24(31)32)16-20-5-3-2-4-6-20)15-19-7-9-22(10-8-19)27(34)35-23-13-11-21(12-14-23)25(28)29/h2-15H,16-17H2,1H3,(H3,28,29)(H,31,32). The molecule has 3 aromatic carbocycles. The zero-order valence-corrected chi connectivity index (χ0v) is 19.1. The number of amides is 1. The van der Waals surface area contributed by atoms with Gasteiger partial charge < -0.3 is 20.5 Å². The SMILES string of the molecule is CC(=Cc1ccc(C(=O)Oc2ccc(C(=N)N)cc2)cc1)C(=O)N(CC(=O)O)Cc1ccccc1. The van der Waals surface area contributed by atoms with E-state index < -0.39 is 24.4 Å². The number of nitrogens with two attached hydrogens (primary N) is 1. The second-order valence-electron chi connectivity index (χ2n) is 7.82. The van der Waals surface area contributed by atoms with Crippen molar-refractivity contribution in [1.82, 2.24) is 4.90 Å². The highest BCUT2D eigenvalue weighted by atomic mass is 16.5. The van der Waals surface area contributed by atoms with Gasteiger partial charge in [0, 0.05) is 17.7 Å². The molecule has 4 N–H and O–H groups in total. The van der Waals surface area contributed by atoms with Gasteiger partial charge in [-0.3, -0.25) is 15.0 Å². The van der Waals surface area contributed by atoms with E-state index in [1.54, 1.807) is 61.5 Å². The average Bonchev–Trinajstić information content (AvgIpc) is 2.84. The Morgan fingerprint density at radius 2 is 1.54 bits per heavy atom. The molecule has 3 rings (SSSR count). The van der Waals surface area contributed by atoms with Crippen LogP contribution >= 0.6 is 0 Å². The number of benzene rings is 3. The number of esters is 1. The van der Waals surface area contributed by atoms with E-state index >= 15 is 0 Å². The van der Waals surface area contributed by atoms with Gasteiger partial charge in [0.2, 0.25) is 5.91 Å². The summed E-state index contributed by atoms with van der Waals surface area (Å²) in [7, 11) is 0. The number of nitrogens with zero attached hydrogens (tertiary/aromatic N) is 1. The summed E-state index contributed by atoms with van der Waals surface area (Å²) in [5, 5.41) is 16.6. The molecular weight excluding hydrogens is 446 g/mol. The van der Waals surface area contributed by atoms with Crippen LogP contribution in [0.1, 0.15) is 34.0 Å². The molecule has 0 saturated carbocycles. The minimum Gasteiger partial charge on any atom is -0.480 e. The van der Waals surface area contributed by atoms with E-state index in [9.17, 15) is 19.5 Å². The molecule has 0 saturated heterocycles. The van der Waals surface area contributed by atoms with E-state index in [1.165, 1.54) is 4.90 Å². The van der Waals surface area contributed by atoms with Crippen molar-refractivity contribution in [3.8, 4) is 5.75 Å². The molecular formula is C27H25N3O5. The molecule has 8 heteroatoms. The number of carboxylic acids is 1. The Labute approximate surface area is 202 Å². The van der Waals surface area contributed by atoms with Crippen LogP contribution in [0.4, 0.5) is 0 Å². The largest absolute Gasteiger partial charge is 0.480 e. The third kappa shape index (κ3) is 7.13. The minimum atomic E-state index is -1.10. The Hall–Kier alpha value is -4.72. The number of hydrogen-bond acceptors (Lipinski definition) is 5. The predicted molar refractivity (Wildman–Crippen MR) is 132 cm³/mol. The van der Waals surface area contributed by atoms with Crippen molar-refractivity contribution in [1.29, 1.82) is 5.41 Å². The third-order valence-corrected chi connectivity index (χ3v) is 5.07. The molecule has 0 aliphatic rings. The van der Waals surface area contributed by atoms with Gasteiger partial charge in [0.15, 0.2) is 0 Å². The van der Waals surface area contributed by atoms with Crippen LogP contribution in [0.2, 0.25) is 0 Å². The van der Waals surface area contributed by atoms with Gasteiger partial charge in [0.25, 0.3) is 0 Å². The fraction of sp³-hybridized carbons (Fsp3) is 0.111. The molecule has 0 aromatic heterocycles. The van der Waals surface area contributed by atoms with Gasteiger partial charge >= 0.3 is 11.9 Å². The number of carbonyl (C=O) groups excluding carboxylic acids is 2. The summed E-state index contributed by atoms with van der Waals surface area (Å²) in [6, 6.07) is 21.9. The van der Waals surface area contributed by atoms with Crippen LogP contribution in [0.5, 0.6) is 5.75 Å². The maximum Gasteiger partial charge on any atom is 0.343 e. The van der Waals surface area contributed by atoms with Crippen LogP contribution in [0.15, 0.2) is 84.4 Å². The molecule has 178 valence electrons. The van der Waals surface area contributed by atoms with Gasteiger partial charge in [-0.05, 0) is 60.5 Å². The fourth-order valence-electron chi connectivity index (χ4n) is 3.31. The summed E-state index contributed by atoms with van der Waals surface area (Å²) in [6.07, 6.45) is 1.64. The molecule has 0 bridgehead atoms. The summed E-state index contributed by atoms with van der Waals surface area (Å²) >= 11 is 0. The molecule has 0 fully saturated rings. The number of aliphatic carboxylic acids is 1. The van der Waals surface area contributed by atoms with E-state index in [2.05, 4.69) is 0 Å². The molecule has 1 amide bonds. The lowest BCUT2D eigenvalue weighted by molar-refractivity contribution is -0.143. The van der Waals surface area contributed by atoms with Crippen LogP contribution < -0.4 is 10.5 Å². The molecule has 0 heterocycles. The molecule has 8 nitrogen and oxygen atoms in total. The highest BCUT2D eigenvalue weighted by molar-refractivity contribution is 5.99. The summed E-state index contributed by atoms with van der Waals surface area (Å²) in [5.74, 6) is -1.80. The smallest absolute Gasteiger partial charge is 0.343 e. The van der Waals surface area contributed by atoms with Crippen molar-refractivity contribution in [2.45, 2.75) is 13.5 Å². The zero-order chi connectivity index (χ0) is 25.4. The highest BCUT2D eigenvalue weighted by Crippen LogP contribution is 2.16. The van der Waals surface area contributed by atoms with Gasteiger partial charge in [-0.1, -0.05) is 42.5 Å². The Balaban J connectivity index is 1.68. The van der Waals surface area contributed by atoms with Gasteiger partial charge in [-0.2, -0.15) is 0 Å². The van der Waals surface area contributed by atoms with Gasteiger partial charge in [0.1, 0.15) is 18.1 Å². The summed E-state index contributed by atoms with van der Waals surface area (Å²) in [4.78, 5) is 37.9. The van der Waals surface area contributed by atoms with Crippen molar-refractivity contribution < 1.29 is 24.2 Å². The maximum atomic E-state index is 12.9. The second-order valence-corrected chi connectivity index (χ2v) is 7.82. The van der Waals surface area contributed by atoms with E-state index in [1.807, 2.05) is 30.3 Å². The topological polar surface area (TPSA) is 134 Å². The quantitative estimate of drug-likeness (QED) is 0.143. The van der Waals surface area contributed by atoms with Crippen LogP contribution in [-0.4, -0.2) is 40.2 Å². The molecule has 0 atom stereocenters. The Morgan fingerprint density at radius 3 is 2.11 bits per heavy atom. The monoisotopic (exact) mass is 471 g/mol. The van der Waals surface area contributed by atoms with Crippen LogP contribution in [0.25, 0.3) is 6.08 Å². The first-order valence-corrected chi connectivity index (χ1v) is 10.7. The number of carboxylic acid groups (broad SMARTS) is 1. The van der Waals surface area contributed by atoms with Crippen molar-refractivity contribution in [2.24, 2.45) is 5.73 Å².